The summed E-state index contributed by atoms with van der Waals surface area (Å²) in [6.45, 7) is 3.97. The summed E-state index contributed by atoms with van der Waals surface area (Å²) in [6.07, 6.45) is 5.36. The zero-order valence-corrected chi connectivity index (χ0v) is 10.8. The molecule has 1 unspecified atom stereocenters. The van der Waals surface area contributed by atoms with Gasteiger partial charge in [0.05, 0.1) is 6.10 Å². The first-order valence-corrected chi connectivity index (χ1v) is 6.81. The van der Waals surface area contributed by atoms with Crippen molar-refractivity contribution in [3.05, 3.63) is 0 Å². The Labute approximate surface area is 104 Å². The fourth-order valence-corrected chi connectivity index (χ4v) is 2.79. The number of likely N-dealkylation sites (tertiary alicyclic amines) is 1. The molecule has 2 aliphatic heterocycles. The first-order valence-electron chi connectivity index (χ1n) is 6.81. The molecule has 2 heterocycles. The number of piperidine rings is 1. The van der Waals surface area contributed by atoms with Crippen LogP contribution in [0.5, 0.6) is 0 Å². The molecule has 1 atom stereocenters. The third-order valence-electron chi connectivity index (χ3n) is 4.06. The Morgan fingerprint density at radius 3 is 2.71 bits per heavy atom. The molecule has 0 saturated carbocycles. The van der Waals surface area contributed by atoms with Crippen LogP contribution >= 0.6 is 0 Å². The van der Waals surface area contributed by atoms with Crippen LogP contribution in [0, 0.1) is 5.92 Å². The van der Waals surface area contributed by atoms with Crippen LogP contribution in [0.25, 0.3) is 0 Å². The highest BCUT2D eigenvalue weighted by molar-refractivity contribution is 5.76. The van der Waals surface area contributed by atoms with Crippen LogP contribution in [0.4, 0.5) is 0 Å². The molecule has 0 radical (unpaired) electrons. The number of carbonyl (C=O) groups excluding carboxylic acids is 1. The first-order chi connectivity index (χ1) is 8.29. The summed E-state index contributed by atoms with van der Waals surface area (Å²) < 4.78 is 5.31. The molecule has 0 aromatic rings. The molecule has 4 heteroatoms. The molecule has 2 fully saturated rings. The van der Waals surface area contributed by atoms with Crippen molar-refractivity contribution in [3.8, 4) is 0 Å². The topological polar surface area (TPSA) is 41.6 Å². The molecule has 1 amide bonds. The van der Waals surface area contributed by atoms with Crippen LogP contribution in [-0.4, -0.2) is 50.2 Å². The average Bonchev–Trinajstić information content (AvgIpc) is 2.89. The largest absolute Gasteiger partial charge is 0.381 e. The molecule has 2 rings (SSSR count). The maximum absolute atomic E-state index is 12.0. The molecular weight excluding hydrogens is 216 g/mol. The van der Waals surface area contributed by atoms with Gasteiger partial charge in [-0.1, -0.05) is 0 Å². The van der Waals surface area contributed by atoms with Crippen molar-refractivity contribution in [2.24, 2.45) is 5.92 Å². The number of nitrogens with one attached hydrogen (secondary N) is 1. The van der Waals surface area contributed by atoms with Gasteiger partial charge in [0.2, 0.25) is 5.91 Å². The SMILES string of the molecule is COC1CCN(C(=O)CCC2CCNC2)CC1. The summed E-state index contributed by atoms with van der Waals surface area (Å²) in [5, 5.41) is 3.35. The minimum absolute atomic E-state index is 0.339. The normalized spacial score (nSPS) is 26.4. The summed E-state index contributed by atoms with van der Waals surface area (Å²) in [7, 11) is 1.76. The Bertz CT molecular complexity index is 244. The van der Waals surface area contributed by atoms with Crippen LogP contribution < -0.4 is 5.32 Å². The Morgan fingerprint density at radius 2 is 2.12 bits per heavy atom. The molecule has 0 aliphatic carbocycles. The van der Waals surface area contributed by atoms with Gasteiger partial charge in [-0.05, 0) is 44.7 Å². The Hall–Kier alpha value is -0.610. The Morgan fingerprint density at radius 1 is 1.35 bits per heavy atom. The van der Waals surface area contributed by atoms with E-state index in [0.717, 1.165) is 57.8 Å². The Balaban J connectivity index is 1.66. The van der Waals surface area contributed by atoms with Gasteiger partial charge in [-0.2, -0.15) is 0 Å². The average molecular weight is 240 g/mol. The van der Waals surface area contributed by atoms with Crippen LogP contribution in [-0.2, 0) is 9.53 Å². The second kappa shape index (κ2) is 6.36. The molecule has 0 bridgehead atoms. The summed E-state index contributed by atoms with van der Waals surface area (Å²) >= 11 is 0. The van der Waals surface area contributed by atoms with Gasteiger partial charge < -0.3 is 15.0 Å². The lowest BCUT2D eigenvalue weighted by Crippen LogP contribution is -2.40. The lowest BCUT2D eigenvalue weighted by atomic mass is 10.0. The quantitative estimate of drug-likeness (QED) is 0.797. The van der Waals surface area contributed by atoms with E-state index in [1.807, 2.05) is 4.90 Å². The lowest BCUT2D eigenvalue weighted by Gasteiger charge is -2.31. The second-order valence-electron chi connectivity index (χ2n) is 5.21. The van der Waals surface area contributed by atoms with Crippen LogP contribution in [0.3, 0.4) is 0 Å². The van der Waals surface area contributed by atoms with E-state index in [0.29, 0.717) is 12.0 Å². The van der Waals surface area contributed by atoms with Crippen molar-refractivity contribution in [2.75, 3.05) is 33.3 Å². The van der Waals surface area contributed by atoms with E-state index < -0.39 is 0 Å². The number of amides is 1. The van der Waals surface area contributed by atoms with Crippen LogP contribution in [0.15, 0.2) is 0 Å². The van der Waals surface area contributed by atoms with Crippen molar-refractivity contribution >= 4 is 5.91 Å². The number of hydrogen-bond acceptors (Lipinski definition) is 3. The summed E-state index contributed by atoms with van der Waals surface area (Å²) in [4.78, 5) is 14.0. The molecule has 17 heavy (non-hydrogen) atoms. The van der Waals surface area contributed by atoms with Crippen molar-refractivity contribution < 1.29 is 9.53 Å². The van der Waals surface area contributed by atoms with Gasteiger partial charge in [-0.15, -0.1) is 0 Å². The van der Waals surface area contributed by atoms with Gasteiger partial charge in [-0.25, -0.2) is 0 Å². The van der Waals surface area contributed by atoms with E-state index in [1.54, 1.807) is 7.11 Å². The van der Waals surface area contributed by atoms with Gasteiger partial charge in [-0.3, -0.25) is 4.79 Å². The van der Waals surface area contributed by atoms with Gasteiger partial charge in [0, 0.05) is 26.6 Å². The van der Waals surface area contributed by atoms with E-state index >= 15 is 0 Å². The molecule has 0 aromatic heterocycles. The monoisotopic (exact) mass is 240 g/mol. The van der Waals surface area contributed by atoms with Gasteiger partial charge in [0.15, 0.2) is 0 Å². The first kappa shape index (κ1) is 12.8. The fourth-order valence-electron chi connectivity index (χ4n) is 2.79. The van der Waals surface area contributed by atoms with Crippen LogP contribution in [0.2, 0.25) is 0 Å². The second-order valence-corrected chi connectivity index (χ2v) is 5.21. The molecule has 1 N–H and O–H groups in total. The molecule has 98 valence electrons. The van der Waals surface area contributed by atoms with Crippen molar-refractivity contribution in [1.29, 1.82) is 0 Å². The molecular formula is C13H24N2O2. The number of hydrogen-bond donors (Lipinski definition) is 1. The zero-order chi connectivity index (χ0) is 12.1. The smallest absolute Gasteiger partial charge is 0.222 e. The number of ether oxygens (including phenoxy) is 1. The summed E-state index contributed by atoms with van der Waals surface area (Å²) in [6, 6.07) is 0. The van der Waals surface area contributed by atoms with Crippen LogP contribution in [0.1, 0.15) is 32.1 Å². The molecule has 2 aliphatic rings. The molecule has 0 aromatic carbocycles. The maximum Gasteiger partial charge on any atom is 0.222 e. The third kappa shape index (κ3) is 3.68. The van der Waals surface area contributed by atoms with Crippen molar-refractivity contribution in [1.82, 2.24) is 10.2 Å². The lowest BCUT2D eigenvalue weighted by molar-refractivity contribution is -0.133. The number of carbonyl (C=O) groups is 1. The predicted octanol–water partition coefficient (Wildman–Crippen LogP) is 1.01. The highest BCUT2D eigenvalue weighted by atomic mass is 16.5. The van der Waals surface area contributed by atoms with E-state index in [1.165, 1.54) is 6.42 Å². The summed E-state index contributed by atoms with van der Waals surface area (Å²) in [5.74, 6) is 1.06. The molecule has 2 saturated heterocycles. The van der Waals surface area contributed by atoms with Crippen molar-refractivity contribution in [3.63, 3.8) is 0 Å². The number of nitrogens with zero attached hydrogens (tertiary/aromatic N) is 1. The standard InChI is InChI=1S/C13H24N2O2/c1-17-12-5-8-15(9-6-12)13(16)3-2-11-4-7-14-10-11/h11-12,14H,2-10H2,1H3. The third-order valence-corrected chi connectivity index (χ3v) is 4.06. The van der Waals surface area contributed by atoms with Gasteiger partial charge >= 0.3 is 0 Å². The number of rotatable bonds is 4. The highest BCUT2D eigenvalue weighted by Crippen LogP contribution is 2.18. The van der Waals surface area contributed by atoms with E-state index in [2.05, 4.69) is 5.32 Å². The minimum atomic E-state index is 0.339. The molecule has 0 spiro atoms. The van der Waals surface area contributed by atoms with Gasteiger partial charge in [0.25, 0.3) is 0 Å². The summed E-state index contributed by atoms with van der Waals surface area (Å²) in [5.41, 5.74) is 0. The van der Waals surface area contributed by atoms with Gasteiger partial charge in [0.1, 0.15) is 0 Å². The highest BCUT2D eigenvalue weighted by Gasteiger charge is 2.23. The maximum atomic E-state index is 12.0. The van der Waals surface area contributed by atoms with E-state index in [-0.39, 0.29) is 0 Å². The minimum Gasteiger partial charge on any atom is -0.381 e. The zero-order valence-electron chi connectivity index (χ0n) is 10.8. The van der Waals surface area contributed by atoms with E-state index in [9.17, 15) is 4.79 Å². The van der Waals surface area contributed by atoms with E-state index in [4.69, 9.17) is 4.74 Å². The Kier molecular flexibility index (Phi) is 4.80. The number of methoxy groups -OCH3 is 1. The fraction of sp³-hybridized carbons (Fsp3) is 0.923. The van der Waals surface area contributed by atoms with Crippen molar-refractivity contribution in [2.45, 2.75) is 38.2 Å². The molecule has 4 nitrogen and oxygen atoms in total. The predicted molar refractivity (Wildman–Crippen MR) is 66.8 cm³/mol.